The lowest BCUT2D eigenvalue weighted by Crippen LogP contribution is -2.31. The zero-order valence-electron chi connectivity index (χ0n) is 9.91. The summed E-state index contributed by atoms with van der Waals surface area (Å²) in [6.07, 6.45) is 0. The van der Waals surface area contributed by atoms with Crippen LogP contribution in [0, 0.1) is 6.92 Å². The van der Waals surface area contributed by atoms with E-state index >= 15 is 0 Å². The summed E-state index contributed by atoms with van der Waals surface area (Å²) >= 11 is 1.36. The normalized spacial score (nSPS) is 10.8. The summed E-state index contributed by atoms with van der Waals surface area (Å²) in [7, 11) is 3.94. The first-order chi connectivity index (χ1) is 7.54. The van der Waals surface area contributed by atoms with Crippen molar-refractivity contribution < 1.29 is 4.79 Å². The highest BCUT2D eigenvalue weighted by atomic mass is 32.1. The summed E-state index contributed by atoms with van der Waals surface area (Å²) in [5, 5.41) is 3.66. The van der Waals surface area contributed by atoms with Gasteiger partial charge in [-0.1, -0.05) is 0 Å². The molecule has 0 unspecified atom stereocenters. The zero-order valence-corrected chi connectivity index (χ0v) is 10.7. The van der Waals surface area contributed by atoms with Crippen molar-refractivity contribution in [2.45, 2.75) is 13.5 Å². The second-order valence-electron chi connectivity index (χ2n) is 3.79. The number of rotatable bonds is 5. The second-order valence-corrected chi connectivity index (χ2v) is 4.87. The molecule has 0 bridgehead atoms. The molecule has 1 heterocycles. The predicted molar refractivity (Wildman–Crippen MR) is 65.6 cm³/mol. The average molecular weight is 242 g/mol. The number of thiazole rings is 1. The van der Waals surface area contributed by atoms with Gasteiger partial charge in [-0.15, -0.1) is 11.3 Å². The van der Waals surface area contributed by atoms with E-state index in [0.717, 1.165) is 17.2 Å². The standard InChI is InChI=1S/C10H18N4OS/c1-7-9(16-8(6-11)13-7)10(15)12-4-5-14(2)3/h4-6,11H2,1-3H3,(H,12,15). The molecule has 3 N–H and O–H groups in total. The third-order valence-corrected chi connectivity index (χ3v) is 3.24. The highest BCUT2D eigenvalue weighted by Crippen LogP contribution is 2.17. The van der Waals surface area contributed by atoms with Crippen molar-refractivity contribution in [3.63, 3.8) is 0 Å². The van der Waals surface area contributed by atoms with E-state index in [2.05, 4.69) is 10.3 Å². The number of nitrogens with one attached hydrogen (secondary N) is 1. The molecule has 6 heteroatoms. The summed E-state index contributed by atoms with van der Waals surface area (Å²) in [4.78, 5) is 18.7. The van der Waals surface area contributed by atoms with Gasteiger partial charge in [-0.3, -0.25) is 4.79 Å². The van der Waals surface area contributed by atoms with Crippen LogP contribution in [-0.4, -0.2) is 43.0 Å². The smallest absolute Gasteiger partial charge is 0.263 e. The quantitative estimate of drug-likeness (QED) is 0.774. The van der Waals surface area contributed by atoms with Crippen LogP contribution in [0.2, 0.25) is 0 Å². The summed E-state index contributed by atoms with van der Waals surface area (Å²) in [5.41, 5.74) is 6.24. The van der Waals surface area contributed by atoms with Gasteiger partial charge in [0.2, 0.25) is 0 Å². The molecule has 0 aliphatic carbocycles. The van der Waals surface area contributed by atoms with Crippen molar-refractivity contribution in [3.05, 3.63) is 15.6 Å². The number of hydrogen-bond donors (Lipinski definition) is 2. The van der Waals surface area contributed by atoms with E-state index in [1.807, 2.05) is 25.9 Å². The van der Waals surface area contributed by atoms with Gasteiger partial charge in [0.1, 0.15) is 9.88 Å². The Hall–Kier alpha value is -0.980. The van der Waals surface area contributed by atoms with Crippen LogP contribution in [0.15, 0.2) is 0 Å². The molecule has 0 aromatic carbocycles. The Morgan fingerprint density at radius 1 is 1.56 bits per heavy atom. The molecule has 5 nitrogen and oxygen atoms in total. The number of carbonyl (C=O) groups excluding carboxylic acids is 1. The summed E-state index contributed by atoms with van der Waals surface area (Å²) in [6, 6.07) is 0. The molecular formula is C10H18N4OS. The van der Waals surface area contributed by atoms with Crippen molar-refractivity contribution in [1.29, 1.82) is 0 Å². The monoisotopic (exact) mass is 242 g/mol. The number of hydrogen-bond acceptors (Lipinski definition) is 5. The van der Waals surface area contributed by atoms with Gasteiger partial charge < -0.3 is 16.0 Å². The van der Waals surface area contributed by atoms with E-state index in [-0.39, 0.29) is 5.91 Å². The van der Waals surface area contributed by atoms with Crippen molar-refractivity contribution in [2.24, 2.45) is 5.73 Å². The minimum Gasteiger partial charge on any atom is -0.350 e. The lowest BCUT2D eigenvalue weighted by Gasteiger charge is -2.09. The number of likely N-dealkylation sites (N-methyl/N-ethyl adjacent to an activating group) is 1. The molecule has 90 valence electrons. The molecule has 0 spiro atoms. The maximum atomic E-state index is 11.8. The topological polar surface area (TPSA) is 71.2 Å². The van der Waals surface area contributed by atoms with Crippen LogP contribution < -0.4 is 11.1 Å². The highest BCUT2D eigenvalue weighted by Gasteiger charge is 2.13. The molecule has 0 saturated heterocycles. The van der Waals surface area contributed by atoms with Crippen LogP contribution in [0.4, 0.5) is 0 Å². The summed E-state index contributed by atoms with van der Waals surface area (Å²) < 4.78 is 0. The van der Waals surface area contributed by atoms with E-state index in [0.29, 0.717) is 18.0 Å². The van der Waals surface area contributed by atoms with E-state index in [1.54, 1.807) is 0 Å². The second kappa shape index (κ2) is 5.93. The molecule has 0 aliphatic heterocycles. The Labute approximate surface area is 99.7 Å². The third kappa shape index (κ3) is 3.55. The Bertz CT molecular complexity index is 362. The Kier molecular flexibility index (Phi) is 4.85. The number of nitrogens with two attached hydrogens (primary N) is 1. The fourth-order valence-corrected chi connectivity index (χ4v) is 2.08. The fourth-order valence-electron chi connectivity index (χ4n) is 1.22. The molecule has 0 saturated carbocycles. The molecule has 1 rings (SSSR count). The fraction of sp³-hybridized carbons (Fsp3) is 0.600. The molecule has 0 fully saturated rings. The number of nitrogens with zero attached hydrogens (tertiary/aromatic N) is 2. The van der Waals surface area contributed by atoms with Crippen LogP contribution in [0.25, 0.3) is 0 Å². The van der Waals surface area contributed by atoms with Gasteiger partial charge in [-0.2, -0.15) is 0 Å². The molecular weight excluding hydrogens is 224 g/mol. The SMILES string of the molecule is Cc1nc(CN)sc1C(=O)NCCN(C)C. The van der Waals surface area contributed by atoms with E-state index in [9.17, 15) is 4.79 Å². The van der Waals surface area contributed by atoms with Gasteiger partial charge in [0.05, 0.1) is 5.69 Å². The molecule has 1 aromatic heterocycles. The van der Waals surface area contributed by atoms with E-state index in [4.69, 9.17) is 5.73 Å². The number of amides is 1. The molecule has 16 heavy (non-hydrogen) atoms. The minimum atomic E-state index is -0.0587. The molecule has 1 amide bonds. The molecule has 0 aliphatic rings. The maximum Gasteiger partial charge on any atom is 0.263 e. The Balaban J connectivity index is 2.55. The summed E-state index contributed by atoms with van der Waals surface area (Å²) in [5.74, 6) is -0.0587. The van der Waals surface area contributed by atoms with Crippen molar-refractivity contribution in [2.75, 3.05) is 27.2 Å². The minimum absolute atomic E-state index is 0.0587. The van der Waals surface area contributed by atoms with Crippen LogP contribution >= 0.6 is 11.3 Å². The van der Waals surface area contributed by atoms with Crippen LogP contribution in [0.5, 0.6) is 0 Å². The summed E-state index contributed by atoms with van der Waals surface area (Å²) in [6.45, 7) is 3.68. The van der Waals surface area contributed by atoms with Gasteiger partial charge in [0.25, 0.3) is 5.91 Å². The first-order valence-electron chi connectivity index (χ1n) is 5.14. The van der Waals surface area contributed by atoms with Crippen LogP contribution in [0.3, 0.4) is 0 Å². The number of carbonyl (C=O) groups is 1. The van der Waals surface area contributed by atoms with E-state index in [1.165, 1.54) is 11.3 Å². The van der Waals surface area contributed by atoms with Crippen LogP contribution in [0.1, 0.15) is 20.4 Å². The van der Waals surface area contributed by atoms with Gasteiger partial charge in [0, 0.05) is 19.6 Å². The zero-order chi connectivity index (χ0) is 12.1. The number of aromatic nitrogens is 1. The Morgan fingerprint density at radius 3 is 2.75 bits per heavy atom. The van der Waals surface area contributed by atoms with Gasteiger partial charge in [-0.25, -0.2) is 4.98 Å². The molecule has 1 aromatic rings. The lowest BCUT2D eigenvalue weighted by atomic mass is 10.3. The third-order valence-electron chi connectivity index (χ3n) is 2.07. The highest BCUT2D eigenvalue weighted by molar-refractivity contribution is 7.13. The largest absolute Gasteiger partial charge is 0.350 e. The first kappa shape index (κ1) is 13.1. The van der Waals surface area contributed by atoms with Crippen molar-refractivity contribution in [1.82, 2.24) is 15.2 Å². The van der Waals surface area contributed by atoms with Crippen molar-refractivity contribution in [3.8, 4) is 0 Å². The molecule has 0 atom stereocenters. The maximum absolute atomic E-state index is 11.8. The van der Waals surface area contributed by atoms with Gasteiger partial charge in [0.15, 0.2) is 0 Å². The molecule has 0 radical (unpaired) electrons. The lowest BCUT2D eigenvalue weighted by molar-refractivity contribution is 0.0954. The van der Waals surface area contributed by atoms with Gasteiger partial charge >= 0.3 is 0 Å². The van der Waals surface area contributed by atoms with E-state index < -0.39 is 0 Å². The predicted octanol–water partition coefficient (Wildman–Crippen LogP) is 0.202. The first-order valence-corrected chi connectivity index (χ1v) is 5.95. The van der Waals surface area contributed by atoms with Crippen molar-refractivity contribution >= 4 is 17.2 Å². The van der Waals surface area contributed by atoms with Crippen LogP contribution in [-0.2, 0) is 6.54 Å². The van der Waals surface area contributed by atoms with Gasteiger partial charge in [-0.05, 0) is 21.0 Å². The number of aryl methyl sites for hydroxylation is 1. The Morgan fingerprint density at radius 2 is 2.25 bits per heavy atom. The average Bonchev–Trinajstić information content (AvgIpc) is 2.59.